The number of hydrogen-bond acceptors (Lipinski definition) is 4. The van der Waals surface area contributed by atoms with E-state index in [0.29, 0.717) is 13.1 Å². The third-order valence-electron chi connectivity index (χ3n) is 5.25. The van der Waals surface area contributed by atoms with E-state index in [1.54, 1.807) is 12.4 Å². The molecule has 1 amide bonds. The lowest BCUT2D eigenvalue weighted by Gasteiger charge is -2.36. The van der Waals surface area contributed by atoms with Gasteiger partial charge in [-0.05, 0) is 49.2 Å². The number of rotatable bonds is 6. The van der Waals surface area contributed by atoms with Crippen molar-refractivity contribution in [2.45, 2.75) is 31.5 Å². The summed E-state index contributed by atoms with van der Waals surface area (Å²) in [7, 11) is 0. The Labute approximate surface area is 158 Å². The van der Waals surface area contributed by atoms with Gasteiger partial charge in [0, 0.05) is 31.3 Å². The number of nitrogens with one attached hydrogen (secondary N) is 2. The normalized spacial score (nSPS) is 16.1. The molecule has 1 saturated heterocycles. The molecular formula is C20H24N6O. The zero-order chi connectivity index (χ0) is 18.5. The fraction of sp³-hybridized carbons (Fsp3) is 0.350. The number of aromatic nitrogens is 4. The van der Waals surface area contributed by atoms with Gasteiger partial charge in [0.25, 0.3) is 0 Å². The van der Waals surface area contributed by atoms with Crippen molar-refractivity contribution >= 4 is 5.91 Å². The zero-order valence-electron chi connectivity index (χ0n) is 15.2. The molecule has 7 heteroatoms. The summed E-state index contributed by atoms with van der Waals surface area (Å²) in [5, 5.41) is 15.1. The minimum absolute atomic E-state index is 0.0293. The summed E-state index contributed by atoms with van der Waals surface area (Å²) in [5.41, 5.74) is 1.64. The molecule has 1 aliphatic heterocycles. The van der Waals surface area contributed by atoms with Gasteiger partial charge in [-0.3, -0.25) is 14.2 Å². The first-order valence-electron chi connectivity index (χ1n) is 9.31. The zero-order valence-corrected chi connectivity index (χ0v) is 15.2. The number of carbonyl (C=O) groups excluding carboxylic acids is 1. The quantitative estimate of drug-likeness (QED) is 0.695. The van der Waals surface area contributed by atoms with Gasteiger partial charge in [-0.1, -0.05) is 24.3 Å². The monoisotopic (exact) mass is 364 g/mol. The van der Waals surface area contributed by atoms with Crippen LogP contribution in [-0.2, 0) is 23.4 Å². The van der Waals surface area contributed by atoms with Gasteiger partial charge in [0.2, 0.25) is 5.91 Å². The summed E-state index contributed by atoms with van der Waals surface area (Å²) in [4.78, 5) is 13.2. The van der Waals surface area contributed by atoms with Crippen LogP contribution in [0, 0.1) is 0 Å². The smallest absolute Gasteiger partial charge is 0.248 e. The summed E-state index contributed by atoms with van der Waals surface area (Å²) in [6, 6.07) is 11.9. The van der Waals surface area contributed by atoms with Crippen LogP contribution in [0.1, 0.15) is 24.0 Å². The van der Waals surface area contributed by atoms with Crippen molar-refractivity contribution in [2.75, 3.05) is 13.1 Å². The summed E-state index contributed by atoms with van der Waals surface area (Å²) in [5.74, 6) is 0.0293. The highest BCUT2D eigenvalue weighted by Crippen LogP contribution is 2.27. The van der Waals surface area contributed by atoms with Crippen LogP contribution in [0.4, 0.5) is 0 Å². The largest absolute Gasteiger partial charge is 0.350 e. The first-order valence-corrected chi connectivity index (χ1v) is 9.31. The van der Waals surface area contributed by atoms with Crippen LogP contribution in [0.25, 0.3) is 0 Å². The topological polar surface area (TPSA) is 76.8 Å². The second-order valence-corrected chi connectivity index (χ2v) is 6.89. The van der Waals surface area contributed by atoms with Crippen LogP contribution in [0.5, 0.6) is 0 Å². The molecule has 1 aliphatic rings. The molecule has 0 bridgehead atoms. The molecule has 1 fully saturated rings. The maximum Gasteiger partial charge on any atom is 0.248 e. The average Bonchev–Trinajstić information content (AvgIpc) is 3.42. The van der Waals surface area contributed by atoms with Crippen LogP contribution >= 0.6 is 0 Å². The minimum Gasteiger partial charge on any atom is -0.350 e. The van der Waals surface area contributed by atoms with Crippen LogP contribution in [0.3, 0.4) is 0 Å². The van der Waals surface area contributed by atoms with Gasteiger partial charge in [0.1, 0.15) is 5.54 Å². The van der Waals surface area contributed by atoms with Crippen molar-refractivity contribution in [1.29, 1.82) is 0 Å². The molecule has 7 nitrogen and oxygen atoms in total. The molecule has 27 heavy (non-hydrogen) atoms. The number of amides is 1. The van der Waals surface area contributed by atoms with Gasteiger partial charge in [-0.2, -0.15) is 10.2 Å². The molecule has 0 radical (unpaired) electrons. The Bertz CT molecular complexity index is 866. The fourth-order valence-electron chi connectivity index (χ4n) is 3.72. The predicted molar refractivity (Wildman–Crippen MR) is 102 cm³/mol. The Kier molecular flexibility index (Phi) is 5.02. The maximum absolute atomic E-state index is 13.2. The second kappa shape index (κ2) is 7.75. The van der Waals surface area contributed by atoms with Crippen molar-refractivity contribution in [3.63, 3.8) is 0 Å². The third kappa shape index (κ3) is 3.64. The van der Waals surface area contributed by atoms with E-state index in [1.165, 1.54) is 0 Å². The summed E-state index contributed by atoms with van der Waals surface area (Å²) >= 11 is 0. The lowest BCUT2D eigenvalue weighted by Crippen LogP contribution is -2.54. The van der Waals surface area contributed by atoms with E-state index >= 15 is 0 Å². The van der Waals surface area contributed by atoms with Gasteiger partial charge in [0.15, 0.2) is 0 Å². The molecule has 3 aromatic rings. The standard InChI is InChI=1S/C20H24N6O/c27-19(20(7-11-21-12-8-20)26-14-4-10-24-26)22-15-17-5-1-2-6-18(17)16-25-13-3-9-23-25/h1-6,9-10,13-14,21H,7-8,11-12,15-16H2,(H,22,27). The van der Waals surface area contributed by atoms with Gasteiger partial charge in [0.05, 0.1) is 6.54 Å². The minimum atomic E-state index is -0.619. The summed E-state index contributed by atoms with van der Waals surface area (Å²) in [6.45, 7) is 2.80. The van der Waals surface area contributed by atoms with Gasteiger partial charge in [-0.25, -0.2) is 0 Å². The molecule has 0 aliphatic carbocycles. The van der Waals surface area contributed by atoms with Crippen LogP contribution in [0.2, 0.25) is 0 Å². The van der Waals surface area contributed by atoms with E-state index in [-0.39, 0.29) is 5.91 Å². The second-order valence-electron chi connectivity index (χ2n) is 6.89. The highest BCUT2D eigenvalue weighted by Gasteiger charge is 2.41. The molecule has 2 aromatic heterocycles. The van der Waals surface area contributed by atoms with Crippen LogP contribution in [0.15, 0.2) is 61.2 Å². The number of benzene rings is 1. The van der Waals surface area contributed by atoms with E-state index in [2.05, 4.69) is 33.0 Å². The summed E-state index contributed by atoms with van der Waals surface area (Å²) < 4.78 is 3.71. The molecular weight excluding hydrogens is 340 g/mol. The van der Waals surface area contributed by atoms with E-state index in [1.807, 2.05) is 46.0 Å². The molecule has 3 heterocycles. The lowest BCUT2D eigenvalue weighted by molar-refractivity contribution is -0.132. The molecule has 0 atom stereocenters. The molecule has 140 valence electrons. The Balaban J connectivity index is 1.50. The van der Waals surface area contributed by atoms with Crippen molar-refractivity contribution in [3.05, 3.63) is 72.3 Å². The molecule has 1 aromatic carbocycles. The van der Waals surface area contributed by atoms with E-state index < -0.39 is 5.54 Å². The Morgan fingerprint density at radius 2 is 1.78 bits per heavy atom. The van der Waals surface area contributed by atoms with Crippen molar-refractivity contribution in [3.8, 4) is 0 Å². The van der Waals surface area contributed by atoms with Crippen LogP contribution < -0.4 is 10.6 Å². The van der Waals surface area contributed by atoms with E-state index in [0.717, 1.165) is 37.1 Å². The molecule has 4 rings (SSSR count). The SMILES string of the molecule is O=C(NCc1ccccc1Cn1cccn1)C1(n2cccn2)CCNCC1. The predicted octanol–water partition coefficient (Wildman–Crippen LogP) is 1.52. The Morgan fingerprint density at radius 1 is 1.04 bits per heavy atom. The highest BCUT2D eigenvalue weighted by atomic mass is 16.2. The van der Waals surface area contributed by atoms with Crippen molar-refractivity contribution in [2.24, 2.45) is 0 Å². The number of piperidine rings is 1. The maximum atomic E-state index is 13.2. The van der Waals surface area contributed by atoms with E-state index in [9.17, 15) is 4.79 Å². The average molecular weight is 364 g/mol. The first-order chi connectivity index (χ1) is 13.3. The Hall–Kier alpha value is -2.93. The number of hydrogen-bond donors (Lipinski definition) is 2. The highest BCUT2D eigenvalue weighted by molar-refractivity contribution is 5.84. The van der Waals surface area contributed by atoms with Crippen molar-refractivity contribution in [1.82, 2.24) is 30.2 Å². The van der Waals surface area contributed by atoms with Crippen LogP contribution in [-0.4, -0.2) is 38.6 Å². The number of carbonyl (C=O) groups is 1. The summed E-state index contributed by atoms with van der Waals surface area (Å²) in [6.07, 6.45) is 8.80. The molecule has 0 unspecified atom stereocenters. The van der Waals surface area contributed by atoms with Gasteiger partial charge in [-0.15, -0.1) is 0 Å². The van der Waals surface area contributed by atoms with Crippen molar-refractivity contribution < 1.29 is 4.79 Å². The first kappa shape index (κ1) is 17.5. The number of nitrogens with zero attached hydrogens (tertiary/aromatic N) is 4. The Morgan fingerprint density at radius 3 is 2.48 bits per heavy atom. The molecule has 2 N–H and O–H groups in total. The van der Waals surface area contributed by atoms with Gasteiger partial charge >= 0.3 is 0 Å². The van der Waals surface area contributed by atoms with E-state index in [4.69, 9.17) is 0 Å². The fourth-order valence-corrected chi connectivity index (χ4v) is 3.72. The molecule has 0 saturated carbocycles. The lowest BCUT2D eigenvalue weighted by atomic mass is 9.87. The third-order valence-corrected chi connectivity index (χ3v) is 5.25. The van der Waals surface area contributed by atoms with Gasteiger partial charge < -0.3 is 10.6 Å². The molecule has 0 spiro atoms.